The standard InChI is InChI=1S/C15H11Cl3O2/c16-11-4-6-13(7-5-11)20-9-12(19)8-10-2-1-3-14(17)15(10)18/h1-7H,8-9H2. The number of carbonyl (C=O) groups excluding carboxylic acids is 1. The zero-order valence-corrected chi connectivity index (χ0v) is 12.7. The van der Waals surface area contributed by atoms with Gasteiger partial charge < -0.3 is 4.74 Å². The maximum absolute atomic E-state index is 11.9. The van der Waals surface area contributed by atoms with E-state index in [1.54, 1.807) is 42.5 Å². The van der Waals surface area contributed by atoms with Gasteiger partial charge in [-0.15, -0.1) is 0 Å². The highest BCUT2D eigenvalue weighted by Crippen LogP contribution is 2.26. The Labute approximate surface area is 132 Å². The van der Waals surface area contributed by atoms with E-state index in [9.17, 15) is 4.79 Å². The van der Waals surface area contributed by atoms with Crippen LogP contribution in [-0.4, -0.2) is 12.4 Å². The Hall–Kier alpha value is -1.22. The fourth-order valence-electron chi connectivity index (χ4n) is 1.64. The molecule has 0 amide bonds. The van der Waals surface area contributed by atoms with Gasteiger partial charge >= 0.3 is 0 Å². The van der Waals surface area contributed by atoms with Crippen LogP contribution >= 0.6 is 34.8 Å². The zero-order chi connectivity index (χ0) is 14.5. The number of benzene rings is 2. The van der Waals surface area contributed by atoms with E-state index in [0.29, 0.717) is 26.4 Å². The first-order valence-corrected chi connectivity index (χ1v) is 7.02. The minimum atomic E-state index is -0.0795. The van der Waals surface area contributed by atoms with Crippen LogP contribution in [0.25, 0.3) is 0 Å². The molecule has 0 aliphatic rings. The van der Waals surface area contributed by atoms with Gasteiger partial charge in [-0.05, 0) is 35.9 Å². The number of halogens is 3. The number of Topliss-reactive ketones (excluding diaryl/α,β-unsaturated/α-hetero) is 1. The van der Waals surface area contributed by atoms with E-state index < -0.39 is 0 Å². The normalized spacial score (nSPS) is 10.3. The first kappa shape index (κ1) is 15.2. The van der Waals surface area contributed by atoms with Crippen molar-refractivity contribution in [1.82, 2.24) is 0 Å². The highest BCUT2D eigenvalue weighted by atomic mass is 35.5. The summed E-state index contributed by atoms with van der Waals surface area (Å²) in [6.07, 6.45) is 0.187. The summed E-state index contributed by atoms with van der Waals surface area (Å²) in [6, 6.07) is 12.0. The molecule has 0 unspecified atom stereocenters. The van der Waals surface area contributed by atoms with Gasteiger partial charge in [0.15, 0.2) is 5.78 Å². The average Bonchev–Trinajstić information content (AvgIpc) is 2.43. The Bertz CT molecular complexity index is 609. The molecule has 104 valence electrons. The van der Waals surface area contributed by atoms with Gasteiger partial charge in [0.25, 0.3) is 0 Å². The molecule has 2 aromatic carbocycles. The fraction of sp³-hybridized carbons (Fsp3) is 0.133. The van der Waals surface area contributed by atoms with Gasteiger partial charge in [-0.1, -0.05) is 46.9 Å². The molecule has 2 rings (SSSR count). The number of carbonyl (C=O) groups is 1. The molecule has 0 aliphatic carbocycles. The maximum Gasteiger partial charge on any atom is 0.174 e. The highest BCUT2D eigenvalue weighted by molar-refractivity contribution is 6.42. The number of hydrogen-bond donors (Lipinski definition) is 0. The number of hydrogen-bond acceptors (Lipinski definition) is 2. The topological polar surface area (TPSA) is 26.3 Å². The fourth-order valence-corrected chi connectivity index (χ4v) is 2.16. The average molecular weight is 330 g/mol. The second kappa shape index (κ2) is 6.98. The molecule has 0 saturated heterocycles. The lowest BCUT2D eigenvalue weighted by Crippen LogP contribution is -2.14. The lowest BCUT2D eigenvalue weighted by molar-refractivity contribution is -0.120. The van der Waals surface area contributed by atoms with Crippen molar-refractivity contribution in [2.75, 3.05) is 6.61 Å². The van der Waals surface area contributed by atoms with E-state index in [-0.39, 0.29) is 18.8 Å². The molecule has 0 aromatic heterocycles. The molecule has 0 N–H and O–H groups in total. The number of rotatable bonds is 5. The quantitative estimate of drug-likeness (QED) is 0.785. The number of ether oxygens (including phenoxy) is 1. The van der Waals surface area contributed by atoms with Crippen LogP contribution in [0.4, 0.5) is 0 Å². The molecule has 0 saturated carbocycles. The van der Waals surface area contributed by atoms with Gasteiger partial charge in [0.2, 0.25) is 0 Å². The van der Waals surface area contributed by atoms with Crippen LogP contribution in [0.1, 0.15) is 5.56 Å². The van der Waals surface area contributed by atoms with Crippen LogP contribution in [0, 0.1) is 0 Å². The van der Waals surface area contributed by atoms with Crippen molar-refractivity contribution in [3.63, 3.8) is 0 Å². The third kappa shape index (κ3) is 4.14. The van der Waals surface area contributed by atoms with E-state index in [0.717, 1.165) is 0 Å². The van der Waals surface area contributed by atoms with Crippen LogP contribution in [0.5, 0.6) is 5.75 Å². The smallest absolute Gasteiger partial charge is 0.174 e. The van der Waals surface area contributed by atoms with Crippen LogP contribution in [0.15, 0.2) is 42.5 Å². The first-order chi connectivity index (χ1) is 9.56. The summed E-state index contributed by atoms with van der Waals surface area (Å²) in [5.41, 5.74) is 0.698. The van der Waals surface area contributed by atoms with Gasteiger partial charge in [-0.3, -0.25) is 4.79 Å². The largest absolute Gasteiger partial charge is 0.486 e. The Balaban J connectivity index is 1.92. The summed E-state index contributed by atoms with van der Waals surface area (Å²) < 4.78 is 5.38. The summed E-state index contributed by atoms with van der Waals surface area (Å²) in [6.45, 7) is -0.0233. The maximum atomic E-state index is 11.9. The van der Waals surface area contributed by atoms with Crippen molar-refractivity contribution in [2.45, 2.75) is 6.42 Å². The van der Waals surface area contributed by atoms with Gasteiger partial charge in [-0.2, -0.15) is 0 Å². The Morgan fingerprint density at radius 3 is 2.40 bits per heavy atom. The monoisotopic (exact) mass is 328 g/mol. The summed E-state index contributed by atoms with van der Waals surface area (Å²) in [7, 11) is 0. The second-order valence-corrected chi connectivity index (χ2v) is 5.39. The van der Waals surface area contributed by atoms with E-state index in [1.807, 2.05) is 0 Å². The molecule has 0 fully saturated rings. The van der Waals surface area contributed by atoms with Crippen molar-refractivity contribution in [3.05, 3.63) is 63.1 Å². The summed E-state index contributed by atoms with van der Waals surface area (Å²) in [5.74, 6) is 0.518. The van der Waals surface area contributed by atoms with Crippen molar-refractivity contribution >= 4 is 40.6 Å². The van der Waals surface area contributed by atoms with Gasteiger partial charge in [0.1, 0.15) is 12.4 Å². The molecule has 2 aromatic rings. The molecule has 0 aliphatic heterocycles. The molecule has 0 radical (unpaired) electrons. The van der Waals surface area contributed by atoms with E-state index in [4.69, 9.17) is 39.5 Å². The van der Waals surface area contributed by atoms with Crippen LogP contribution in [0.2, 0.25) is 15.1 Å². The first-order valence-electron chi connectivity index (χ1n) is 5.89. The third-order valence-electron chi connectivity index (χ3n) is 2.63. The summed E-state index contributed by atoms with van der Waals surface area (Å²) >= 11 is 17.7. The SMILES string of the molecule is O=C(COc1ccc(Cl)cc1)Cc1cccc(Cl)c1Cl. The second-order valence-electron chi connectivity index (χ2n) is 4.17. The predicted octanol–water partition coefficient (Wildman–Crippen LogP) is 4.84. The van der Waals surface area contributed by atoms with Gasteiger partial charge in [0, 0.05) is 11.4 Å². The lowest BCUT2D eigenvalue weighted by atomic mass is 10.1. The molecule has 5 heteroatoms. The van der Waals surface area contributed by atoms with Crippen molar-refractivity contribution in [1.29, 1.82) is 0 Å². The molecular weight excluding hydrogens is 319 g/mol. The highest BCUT2D eigenvalue weighted by Gasteiger charge is 2.10. The van der Waals surface area contributed by atoms with Crippen molar-refractivity contribution < 1.29 is 9.53 Å². The molecule has 0 atom stereocenters. The minimum absolute atomic E-state index is 0.0233. The third-order valence-corrected chi connectivity index (χ3v) is 3.74. The van der Waals surface area contributed by atoms with Crippen molar-refractivity contribution in [3.8, 4) is 5.75 Å². The molecule has 20 heavy (non-hydrogen) atoms. The lowest BCUT2D eigenvalue weighted by Gasteiger charge is -2.07. The van der Waals surface area contributed by atoms with Crippen LogP contribution < -0.4 is 4.74 Å². The number of ketones is 1. The Morgan fingerprint density at radius 2 is 1.70 bits per heavy atom. The van der Waals surface area contributed by atoms with Crippen LogP contribution in [0.3, 0.4) is 0 Å². The Kier molecular flexibility index (Phi) is 5.30. The molecule has 0 spiro atoms. The summed E-state index contributed by atoms with van der Waals surface area (Å²) in [5, 5.41) is 1.47. The molecular formula is C15H11Cl3O2. The van der Waals surface area contributed by atoms with E-state index in [1.165, 1.54) is 0 Å². The van der Waals surface area contributed by atoms with E-state index >= 15 is 0 Å². The minimum Gasteiger partial charge on any atom is -0.486 e. The van der Waals surface area contributed by atoms with E-state index in [2.05, 4.69) is 0 Å². The zero-order valence-electron chi connectivity index (χ0n) is 10.4. The van der Waals surface area contributed by atoms with Crippen molar-refractivity contribution in [2.24, 2.45) is 0 Å². The molecule has 0 bridgehead atoms. The molecule has 0 heterocycles. The molecule has 2 nitrogen and oxygen atoms in total. The van der Waals surface area contributed by atoms with Gasteiger partial charge in [0.05, 0.1) is 10.0 Å². The van der Waals surface area contributed by atoms with Crippen LogP contribution in [-0.2, 0) is 11.2 Å². The summed E-state index contributed by atoms with van der Waals surface area (Å²) in [4.78, 5) is 11.9. The van der Waals surface area contributed by atoms with Gasteiger partial charge in [-0.25, -0.2) is 0 Å². The Morgan fingerprint density at radius 1 is 1.00 bits per heavy atom. The predicted molar refractivity (Wildman–Crippen MR) is 82.1 cm³/mol.